The summed E-state index contributed by atoms with van der Waals surface area (Å²) in [5, 5.41) is 6.36. The Morgan fingerprint density at radius 1 is 0.910 bits per heavy atom. The predicted octanol–water partition coefficient (Wildman–Crippen LogP) is 8.03. The molecule has 15 nitrogen and oxygen atoms in total. The fourth-order valence-corrected chi connectivity index (χ4v) is 10.0. The van der Waals surface area contributed by atoms with E-state index in [2.05, 4.69) is 20.6 Å². The summed E-state index contributed by atoms with van der Waals surface area (Å²) >= 11 is 0. The van der Waals surface area contributed by atoms with Crippen LogP contribution < -0.4 is 26.0 Å². The molecule has 3 saturated heterocycles. The molecule has 4 aromatic rings. The molecule has 1 aliphatic carbocycles. The van der Waals surface area contributed by atoms with Crippen LogP contribution in [0.25, 0.3) is 10.9 Å². The van der Waals surface area contributed by atoms with Crippen molar-refractivity contribution in [3.63, 3.8) is 0 Å². The van der Waals surface area contributed by atoms with E-state index in [-0.39, 0.29) is 48.2 Å². The van der Waals surface area contributed by atoms with Gasteiger partial charge in [0.1, 0.15) is 17.4 Å². The number of urea groups is 1. The summed E-state index contributed by atoms with van der Waals surface area (Å²) in [6.07, 6.45) is 5.11. The molecular weight excluding hydrogens is 868 g/mol. The van der Waals surface area contributed by atoms with E-state index in [1.807, 2.05) is 15.9 Å². The molecule has 2 aromatic heterocycles. The summed E-state index contributed by atoms with van der Waals surface area (Å²) in [6.45, 7) is 7.79. The number of anilines is 3. The minimum Gasteiger partial charge on any atom is -0.495 e. The third-order valence-electron chi connectivity index (χ3n) is 14.0. The monoisotopic (exact) mass is 927 g/mol. The number of methoxy groups -OCH3 is 1. The van der Waals surface area contributed by atoms with Crippen LogP contribution in [0.3, 0.4) is 0 Å². The Kier molecular flexibility index (Phi) is 14.5. The minimum absolute atomic E-state index is 0.0215. The molecule has 0 radical (unpaired) electrons. The lowest BCUT2D eigenvalue weighted by Gasteiger charge is -2.36. The highest BCUT2D eigenvalue weighted by atomic mass is 19.4. The second-order valence-corrected chi connectivity index (χ2v) is 18.6. The molecule has 0 bridgehead atoms. The zero-order valence-electron chi connectivity index (χ0n) is 38.4. The summed E-state index contributed by atoms with van der Waals surface area (Å²) in [5.41, 5.74) is 7.91. The van der Waals surface area contributed by atoms with Crippen LogP contribution in [-0.2, 0) is 20.5 Å². The van der Waals surface area contributed by atoms with Crippen LogP contribution >= 0.6 is 0 Å². The van der Waals surface area contributed by atoms with Gasteiger partial charge >= 0.3 is 12.2 Å². The Balaban J connectivity index is 0.750. The zero-order chi connectivity index (χ0) is 47.4. The van der Waals surface area contributed by atoms with Crippen molar-refractivity contribution in [2.45, 2.75) is 96.2 Å². The largest absolute Gasteiger partial charge is 0.495 e. The van der Waals surface area contributed by atoms with Gasteiger partial charge in [0, 0.05) is 86.5 Å². The van der Waals surface area contributed by atoms with E-state index in [1.165, 1.54) is 18.1 Å². The van der Waals surface area contributed by atoms with Gasteiger partial charge in [0.05, 0.1) is 36.1 Å². The van der Waals surface area contributed by atoms with Crippen LogP contribution in [0.15, 0.2) is 48.7 Å². The standard InChI is InChI=1S/C49H60F3N9O6/c1-29(36-22-37(49(50,51)52)25-38(53)23-36)55-45-39-26-40(54-27-41(39)56-30(2)57-45)33-4-6-34(7-5-33)46(63)59-16-10-31(11-17-59)15-21-67-28-32-12-18-60(19-13-32)47(64)35-8-9-43(66-3)42(24-35)61-20-14-44(62)58-48(61)65/h8-9,22-27,29,31-34H,4-7,10-21,28,53H2,1-3H3,(H,55,56,57)(H,58,62,65)/t29-,33?,34?/m1/s1. The first-order valence-corrected chi connectivity index (χ1v) is 23.5. The first-order chi connectivity index (χ1) is 32.1. The Morgan fingerprint density at radius 2 is 1.63 bits per heavy atom. The third kappa shape index (κ3) is 11.2. The normalized spacial score (nSPS) is 20.5. The number of rotatable bonds is 13. The zero-order valence-corrected chi connectivity index (χ0v) is 38.4. The van der Waals surface area contributed by atoms with Gasteiger partial charge in [-0.3, -0.25) is 29.6 Å². The molecule has 1 saturated carbocycles. The molecule has 4 N–H and O–H groups in total. The molecule has 67 heavy (non-hydrogen) atoms. The van der Waals surface area contributed by atoms with E-state index in [4.69, 9.17) is 20.2 Å². The average Bonchev–Trinajstić information content (AvgIpc) is 3.32. The summed E-state index contributed by atoms with van der Waals surface area (Å²) in [7, 11) is 1.50. The van der Waals surface area contributed by atoms with Crippen molar-refractivity contribution in [1.29, 1.82) is 0 Å². The van der Waals surface area contributed by atoms with Gasteiger partial charge in [-0.15, -0.1) is 0 Å². The maximum Gasteiger partial charge on any atom is 0.416 e. The van der Waals surface area contributed by atoms with E-state index in [1.54, 1.807) is 38.2 Å². The highest BCUT2D eigenvalue weighted by molar-refractivity contribution is 6.07. The van der Waals surface area contributed by atoms with Crippen LogP contribution in [0.2, 0.25) is 0 Å². The highest BCUT2D eigenvalue weighted by Crippen LogP contribution is 2.39. The van der Waals surface area contributed by atoms with E-state index in [0.29, 0.717) is 77.9 Å². The van der Waals surface area contributed by atoms with Gasteiger partial charge in [-0.05, 0) is 131 Å². The number of nitrogens with zero attached hydrogens (tertiary/aromatic N) is 6. The van der Waals surface area contributed by atoms with E-state index in [0.717, 1.165) is 94.1 Å². The molecule has 1 atom stereocenters. The molecule has 358 valence electrons. The molecule has 0 unspecified atom stereocenters. The molecule has 4 aliphatic rings. The maximum absolute atomic E-state index is 13.7. The minimum atomic E-state index is -4.52. The second-order valence-electron chi connectivity index (χ2n) is 18.6. The average molecular weight is 928 g/mol. The Hall–Kier alpha value is -6.04. The van der Waals surface area contributed by atoms with Crippen LogP contribution in [0.4, 0.5) is 35.2 Å². The van der Waals surface area contributed by atoms with Gasteiger partial charge in [0.15, 0.2) is 0 Å². The van der Waals surface area contributed by atoms with Gasteiger partial charge in [-0.25, -0.2) is 14.8 Å². The first-order valence-electron chi connectivity index (χ1n) is 23.5. The SMILES string of the molecule is COc1ccc(C(=O)N2CCC(COCCC3CCN(C(=O)C4CCC(c5cc6c(N[C@H](C)c7cc(N)cc(C(F)(F)F)c7)nc(C)nc6cn5)CC4)CC3)CC2)cc1N1CCC(=O)NC1=O. The van der Waals surface area contributed by atoms with Crippen molar-refractivity contribution in [1.82, 2.24) is 30.1 Å². The number of nitrogens with one attached hydrogen (secondary N) is 2. The topological polar surface area (TPSA) is 185 Å². The van der Waals surface area contributed by atoms with Crippen molar-refractivity contribution >= 4 is 51.8 Å². The Bertz CT molecular complexity index is 2460. The van der Waals surface area contributed by atoms with E-state index < -0.39 is 23.8 Å². The fourth-order valence-electron chi connectivity index (χ4n) is 10.0. The molecule has 8 rings (SSSR count). The number of fused-ring (bicyclic) bond motifs is 1. The molecule has 5 amide bonds. The lowest BCUT2D eigenvalue weighted by Crippen LogP contribution is -2.49. The lowest BCUT2D eigenvalue weighted by molar-refractivity contribution is -0.138. The number of alkyl halides is 3. The van der Waals surface area contributed by atoms with Crippen molar-refractivity contribution in [2.75, 3.05) is 69.0 Å². The number of nitrogen functional groups attached to an aromatic ring is 1. The molecule has 5 heterocycles. The van der Waals surface area contributed by atoms with E-state index in [9.17, 15) is 32.3 Å². The highest BCUT2D eigenvalue weighted by Gasteiger charge is 2.34. The van der Waals surface area contributed by atoms with Gasteiger partial charge < -0.3 is 30.3 Å². The quantitative estimate of drug-likeness (QED) is 0.0871. The number of likely N-dealkylation sites (tertiary alicyclic amines) is 2. The first kappa shape index (κ1) is 47.5. The number of carbonyl (C=O) groups excluding carboxylic acids is 4. The number of piperidine rings is 2. The summed E-state index contributed by atoms with van der Waals surface area (Å²) < 4.78 is 52.3. The van der Waals surface area contributed by atoms with Crippen molar-refractivity contribution in [3.8, 4) is 5.75 Å². The van der Waals surface area contributed by atoms with Gasteiger partial charge in [0.25, 0.3) is 5.91 Å². The van der Waals surface area contributed by atoms with Crippen LogP contribution in [0.1, 0.15) is 116 Å². The molecule has 18 heteroatoms. The molecule has 3 aliphatic heterocycles. The summed E-state index contributed by atoms with van der Waals surface area (Å²) in [6, 6.07) is 9.52. The number of amides is 5. The van der Waals surface area contributed by atoms with Gasteiger partial charge in [-0.1, -0.05) is 0 Å². The summed E-state index contributed by atoms with van der Waals surface area (Å²) in [4.78, 5) is 70.7. The van der Waals surface area contributed by atoms with Crippen molar-refractivity contribution < 1.29 is 41.8 Å². The number of aryl methyl sites for hydroxylation is 1. The van der Waals surface area contributed by atoms with Crippen molar-refractivity contribution in [3.05, 3.63) is 76.9 Å². The van der Waals surface area contributed by atoms with Gasteiger partial charge in [-0.2, -0.15) is 13.2 Å². The fraction of sp³-hybridized carbons (Fsp3) is 0.531. The number of hydrogen-bond donors (Lipinski definition) is 3. The number of aromatic nitrogens is 3. The molecule has 4 fully saturated rings. The Labute approximate surface area is 388 Å². The Morgan fingerprint density at radius 3 is 2.33 bits per heavy atom. The molecular formula is C49H60F3N9O6. The number of halogens is 3. The number of benzene rings is 2. The number of imide groups is 1. The van der Waals surface area contributed by atoms with E-state index >= 15 is 0 Å². The summed E-state index contributed by atoms with van der Waals surface area (Å²) in [5.74, 6) is 2.27. The van der Waals surface area contributed by atoms with Crippen LogP contribution in [0.5, 0.6) is 5.75 Å². The lowest BCUT2D eigenvalue weighted by atomic mass is 9.79. The number of ether oxygens (including phenoxy) is 2. The maximum atomic E-state index is 13.7. The molecule has 2 aromatic carbocycles. The molecule has 0 spiro atoms. The number of carbonyl (C=O) groups is 4. The van der Waals surface area contributed by atoms with Crippen molar-refractivity contribution in [2.24, 2.45) is 17.8 Å². The number of hydrogen-bond acceptors (Lipinski definition) is 11. The van der Waals surface area contributed by atoms with Crippen LogP contribution in [0, 0.1) is 24.7 Å². The van der Waals surface area contributed by atoms with Gasteiger partial charge in [0.2, 0.25) is 11.8 Å². The van der Waals surface area contributed by atoms with Crippen LogP contribution in [-0.4, -0.2) is 102 Å². The number of nitrogens with two attached hydrogens (primary N) is 1. The smallest absolute Gasteiger partial charge is 0.416 e. The number of pyridine rings is 1. The third-order valence-corrected chi connectivity index (χ3v) is 14.0. The second kappa shape index (κ2) is 20.4. The predicted molar refractivity (Wildman–Crippen MR) is 247 cm³/mol.